The summed E-state index contributed by atoms with van der Waals surface area (Å²) in [5.41, 5.74) is 0. The minimum atomic E-state index is -0.861. The van der Waals surface area contributed by atoms with Gasteiger partial charge in [0.25, 0.3) is 0 Å². The molecule has 0 aliphatic carbocycles. The predicted octanol–water partition coefficient (Wildman–Crippen LogP) is 18.6. The number of aliphatic hydroxyl groups excluding tert-OH is 2. The molecular weight excluding hydrogens is 831 g/mol. The quantitative estimate of drug-likeness (QED) is 0.0421. The first-order valence-electron chi connectivity index (χ1n) is 27.7. The van der Waals surface area contributed by atoms with Gasteiger partial charge in [0, 0.05) is 6.42 Å². The van der Waals surface area contributed by atoms with Crippen molar-refractivity contribution in [1.82, 2.24) is 5.32 Å². The third-order valence-corrected chi connectivity index (χ3v) is 11.5. The highest BCUT2D eigenvalue weighted by Crippen LogP contribution is 2.14. The number of nitrogens with one attached hydrogen (secondary N) is 1. The molecule has 0 fully saturated rings. The molecule has 4 nitrogen and oxygen atoms in total. The Labute approximate surface area is 420 Å². The van der Waals surface area contributed by atoms with Crippen molar-refractivity contribution in [2.45, 2.75) is 231 Å². The average molecular weight is 935 g/mol. The van der Waals surface area contributed by atoms with Crippen LogP contribution in [0.2, 0.25) is 0 Å². The van der Waals surface area contributed by atoms with Gasteiger partial charge in [-0.1, -0.05) is 262 Å². The van der Waals surface area contributed by atoms with E-state index in [9.17, 15) is 15.0 Å². The molecular formula is C64H103NO3. The maximum absolute atomic E-state index is 12.4. The number of hydrogen-bond acceptors (Lipinski definition) is 3. The Morgan fingerprint density at radius 3 is 0.971 bits per heavy atom. The number of carbonyl (C=O) groups is 1. The number of unbranched alkanes of at least 4 members (excludes halogenated alkanes) is 17. The average Bonchev–Trinajstić information content (AvgIpc) is 3.34. The van der Waals surface area contributed by atoms with E-state index in [1.165, 1.54) is 77.0 Å². The second kappa shape index (κ2) is 57.3. The Morgan fingerprint density at radius 2 is 0.647 bits per heavy atom. The van der Waals surface area contributed by atoms with Crippen LogP contribution < -0.4 is 5.32 Å². The molecule has 2 atom stereocenters. The Bertz CT molecular complexity index is 1480. The molecule has 1 amide bonds. The molecule has 382 valence electrons. The van der Waals surface area contributed by atoms with Gasteiger partial charge in [-0.25, -0.2) is 0 Å². The molecule has 3 N–H and O–H groups in total. The van der Waals surface area contributed by atoms with Gasteiger partial charge in [-0.05, 0) is 109 Å². The zero-order valence-electron chi connectivity index (χ0n) is 43.8. The minimum absolute atomic E-state index is 0.0952. The van der Waals surface area contributed by atoms with Crippen LogP contribution in [-0.2, 0) is 4.79 Å². The standard InChI is InChI=1S/C64H103NO3/c1-3-5-7-9-11-13-15-17-19-20-21-22-23-24-25-26-27-28-29-30-31-32-33-34-35-36-37-38-39-40-41-42-43-44-46-48-50-52-54-56-58-60-64(68)65-62(61-66)63(67)59-57-55-53-51-49-47-45-18-16-14-12-10-8-6-4-2/h5,7,11,13,17,19,21-22,24-25,27-28,30-31,33-34,36-37,39-40,42-43,46,48,57,59,62-63,66-67H,3-4,6,8-10,12,14-16,18,20,23,26,29,32,35,38,41,44-45,47,49-56,58,60-61H2,1-2H3,(H,65,68)/b7-5-,13-11-,19-17-,22-21-,25-24-,28-27-,31-30-,34-33-,37-36-,40-39-,43-42-,48-46-,59-57+. The van der Waals surface area contributed by atoms with E-state index in [4.69, 9.17) is 0 Å². The smallest absolute Gasteiger partial charge is 0.220 e. The number of carbonyl (C=O) groups excluding carboxylic acids is 1. The van der Waals surface area contributed by atoms with Crippen LogP contribution in [0.3, 0.4) is 0 Å². The van der Waals surface area contributed by atoms with Crippen molar-refractivity contribution in [1.29, 1.82) is 0 Å². The summed E-state index contributed by atoms with van der Waals surface area (Å²) in [6.07, 6.45) is 92.4. The minimum Gasteiger partial charge on any atom is -0.394 e. The van der Waals surface area contributed by atoms with Crippen LogP contribution in [0, 0.1) is 0 Å². The molecule has 4 heteroatoms. The van der Waals surface area contributed by atoms with E-state index in [0.29, 0.717) is 6.42 Å². The van der Waals surface area contributed by atoms with Crippen molar-refractivity contribution < 1.29 is 15.0 Å². The second-order valence-electron chi connectivity index (χ2n) is 17.9. The first-order chi connectivity index (χ1) is 33.7. The lowest BCUT2D eigenvalue weighted by molar-refractivity contribution is -0.123. The van der Waals surface area contributed by atoms with E-state index in [1.54, 1.807) is 6.08 Å². The predicted molar refractivity (Wildman–Crippen MR) is 303 cm³/mol. The maximum Gasteiger partial charge on any atom is 0.220 e. The van der Waals surface area contributed by atoms with Crippen molar-refractivity contribution in [3.63, 3.8) is 0 Å². The fraction of sp³-hybridized carbons (Fsp3) is 0.578. The van der Waals surface area contributed by atoms with Crippen molar-refractivity contribution >= 4 is 5.91 Å². The van der Waals surface area contributed by atoms with Gasteiger partial charge in [-0.15, -0.1) is 0 Å². The zero-order chi connectivity index (χ0) is 49.2. The van der Waals surface area contributed by atoms with E-state index in [-0.39, 0.29) is 12.5 Å². The number of rotatable bonds is 48. The monoisotopic (exact) mass is 934 g/mol. The lowest BCUT2D eigenvalue weighted by atomic mass is 10.0. The molecule has 0 aromatic rings. The molecule has 0 spiro atoms. The summed E-state index contributed by atoms with van der Waals surface area (Å²) in [7, 11) is 0. The molecule has 0 saturated carbocycles. The van der Waals surface area contributed by atoms with Gasteiger partial charge >= 0.3 is 0 Å². The highest BCUT2D eigenvalue weighted by molar-refractivity contribution is 5.76. The van der Waals surface area contributed by atoms with E-state index in [1.807, 2.05) is 6.08 Å². The first-order valence-corrected chi connectivity index (χ1v) is 27.7. The fourth-order valence-electron chi connectivity index (χ4n) is 7.33. The van der Waals surface area contributed by atoms with Gasteiger partial charge < -0.3 is 15.5 Å². The van der Waals surface area contributed by atoms with Crippen molar-refractivity contribution in [2.24, 2.45) is 0 Å². The molecule has 0 bridgehead atoms. The van der Waals surface area contributed by atoms with E-state index in [2.05, 4.69) is 165 Å². The zero-order valence-corrected chi connectivity index (χ0v) is 43.8. The van der Waals surface area contributed by atoms with Gasteiger partial charge in [0.05, 0.1) is 18.8 Å². The van der Waals surface area contributed by atoms with Crippen LogP contribution >= 0.6 is 0 Å². The molecule has 0 radical (unpaired) electrons. The molecule has 0 aliphatic rings. The van der Waals surface area contributed by atoms with Crippen LogP contribution in [0.1, 0.15) is 219 Å². The Morgan fingerprint density at radius 1 is 0.368 bits per heavy atom. The summed E-state index contributed by atoms with van der Waals surface area (Å²) in [6.45, 7) is 4.17. The van der Waals surface area contributed by atoms with E-state index in [0.717, 1.165) is 122 Å². The van der Waals surface area contributed by atoms with Crippen molar-refractivity contribution in [2.75, 3.05) is 6.61 Å². The molecule has 0 heterocycles. The number of allylic oxidation sites excluding steroid dienone is 25. The SMILES string of the molecule is CC/C=C\C/C=C\C/C=C\C/C=C\C/C=C\C/C=C\C/C=C\C/C=C\C/C=C\C/C=C\C/C=C\C/C=C\CCCCCCC(=O)NC(CO)C(O)/C=C/CCCCCCCCCCCCCCC. The summed E-state index contributed by atoms with van der Waals surface area (Å²) >= 11 is 0. The maximum atomic E-state index is 12.4. The van der Waals surface area contributed by atoms with Gasteiger partial charge in [-0.2, -0.15) is 0 Å². The Hall–Kier alpha value is -3.99. The summed E-state index contributed by atoms with van der Waals surface area (Å²) in [6, 6.07) is -0.647. The van der Waals surface area contributed by atoms with Gasteiger partial charge in [0.1, 0.15) is 0 Å². The first kappa shape index (κ1) is 64.0. The van der Waals surface area contributed by atoms with Crippen LogP contribution in [0.4, 0.5) is 0 Å². The summed E-state index contributed by atoms with van der Waals surface area (Å²) in [5, 5.41) is 23.1. The highest BCUT2D eigenvalue weighted by atomic mass is 16.3. The Kier molecular flexibility index (Phi) is 54.0. The molecule has 0 aliphatic heterocycles. The third-order valence-electron chi connectivity index (χ3n) is 11.5. The largest absolute Gasteiger partial charge is 0.394 e. The summed E-state index contributed by atoms with van der Waals surface area (Å²) in [5.74, 6) is -0.0952. The van der Waals surface area contributed by atoms with E-state index >= 15 is 0 Å². The summed E-state index contributed by atoms with van der Waals surface area (Å²) < 4.78 is 0. The molecule has 0 saturated heterocycles. The number of aliphatic hydroxyl groups is 2. The van der Waals surface area contributed by atoms with Gasteiger partial charge in [0.15, 0.2) is 0 Å². The van der Waals surface area contributed by atoms with Gasteiger partial charge in [0.2, 0.25) is 5.91 Å². The van der Waals surface area contributed by atoms with Crippen molar-refractivity contribution in [3.05, 3.63) is 158 Å². The van der Waals surface area contributed by atoms with Crippen molar-refractivity contribution in [3.8, 4) is 0 Å². The lowest BCUT2D eigenvalue weighted by Crippen LogP contribution is -2.45. The second-order valence-corrected chi connectivity index (χ2v) is 17.9. The summed E-state index contributed by atoms with van der Waals surface area (Å²) in [4.78, 5) is 12.4. The topological polar surface area (TPSA) is 69.6 Å². The fourth-order valence-corrected chi connectivity index (χ4v) is 7.33. The van der Waals surface area contributed by atoms with E-state index < -0.39 is 12.1 Å². The number of amides is 1. The van der Waals surface area contributed by atoms with Crippen LogP contribution in [0.25, 0.3) is 0 Å². The highest BCUT2D eigenvalue weighted by Gasteiger charge is 2.17. The normalized spacial score (nSPS) is 14.1. The lowest BCUT2D eigenvalue weighted by Gasteiger charge is -2.20. The van der Waals surface area contributed by atoms with Crippen LogP contribution in [0.5, 0.6) is 0 Å². The molecule has 68 heavy (non-hydrogen) atoms. The van der Waals surface area contributed by atoms with Gasteiger partial charge in [-0.3, -0.25) is 4.79 Å². The molecule has 2 unspecified atom stereocenters. The third kappa shape index (κ3) is 53.0. The Balaban J connectivity index is 3.72. The van der Waals surface area contributed by atoms with Crippen LogP contribution in [0.15, 0.2) is 158 Å². The number of hydrogen-bond donors (Lipinski definition) is 3. The molecule has 0 rings (SSSR count). The van der Waals surface area contributed by atoms with Crippen LogP contribution in [-0.4, -0.2) is 34.9 Å². The molecule has 0 aromatic heterocycles. The molecule has 0 aromatic carbocycles.